The van der Waals surface area contributed by atoms with E-state index in [-0.39, 0.29) is 24.8 Å². The Kier molecular flexibility index (Phi) is 4.39. The van der Waals surface area contributed by atoms with Gasteiger partial charge in [-0.25, -0.2) is 0 Å². The van der Waals surface area contributed by atoms with Gasteiger partial charge in [-0.1, -0.05) is 0 Å². The fourth-order valence-corrected chi connectivity index (χ4v) is 0.812. The van der Waals surface area contributed by atoms with E-state index in [4.69, 9.17) is 0 Å². The number of nitrogens with one attached hydrogen (secondary N) is 2. The van der Waals surface area contributed by atoms with Crippen LogP contribution < -0.4 is 0 Å². The summed E-state index contributed by atoms with van der Waals surface area (Å²) < 4.78 is 0. The first-order chi connectivity index (χ1) is 4.97. The maximum Gasteiger partial charge on any atom is 0.0828 e. The Balaban J connectivity index is 0.000000605. The third-order valence-corrected chi connectivity index (χ3v) is 1.29. The summed E-state index contributed by atoms with van der Waals surface area (Å²) in [5.74, 6) is 0. The molecule has 0 radical (unpaired) electrons. The van der Waals surface area contributed by atoms with Crippen LogP contribution in [-0.2, 0) is 0 Å². The minimum atomic E-state index is 0. The van der Waals surface area contributed by atoms with E-state index in [2.05, 4.69) is 20.4 Å². The van der Waals surface area contributed by atoms with Crippen molar-refractivity contribution in [3.8, 4) is 11.4 Å². The molecule has 0 spiro atoms. The molecule has 0 atom stereocenters. The Morgan fingerprint density at radius 3 is 1.50 bits per heavy atom. The van der Waals surface area contributed by atoms with Gasteiger partial charge < -0.3 is 0 Å². The van der Waals surface area contributed by atoms with Gasteiger partial charge in [-0.2, -0.15) is 10.2 Å². The van der Waals surface area contributed by atoms with Crippen molar-refractivity contribution in [2.45, 2.75) is 0 Å². The molecule has 0 unspecified atom stereocenters. The van der Waals surface area contributed by atoms with E-state index in [9.17, 15) is 0 Å². The molecule has 0 amide bonds. The van der Waals surface area contributed by atoms with Gasteiger partial charge in [0.15, 0.2) is 0 Å². The topological polar surface area (TPSA) is 57.4 Å². The van der Waals surface area contributed by atoms with Gasteiger partial charge in [0.05, 0.1) is 11.4 Å². The molecule has 2 aromatic rings. The first-order valence-corrected chi connectivity index (χ1v) is 2.96. The third-order valence-electron chi connectivity index (χ3n) is 1.29. The largest absolute Gasteiger partial charge is 0.276 e. The average Bonchev–Trinajstić information content (AvgIpc) is 2.59. The number of aromatic nitrogens is 4. The molecule has 12 heavy (non-hydrogen) atoms. The van der Waals surface area contributed by atoms with E-state index in [0.717, 1.165) is 11.4 Å². The monoisotopic (exact) mass is 206 g/mol. The minimum Gasteiger partial charge on any atom is -0.276 e. The first kappa shape index (κ1) is 11.0. The summed E-state index contributed by atoms with van der Waals surface area (Å²) in [5, 5.41) is 13.2. The maximum absolute atomic E-state index is 3.81. The molecule has 0 aliphatic carbocycles. The van der Waals surface area contributed by atoms with Crippen LogP contribution in [0.15, 0.2) is 24.5 Å². The van der Waals surface area contributed by atoms with Crippen LogP contribution in [0.5, 0.6) is 0 Å². The molecular weight excluding hydrogens is 199 g/mol. The van der Waals surface area contributed by atoms with Gasteiger partial charge >= 0.3 is 0 Å². The highest BCUT2D eigenvalue weighted by Crippen LogP contribution is 2.09. The number of halogens is 2. The van der Waals surface area contributed by atoms with Crippen molar-refractivity contribution in [2.24, 2.45) is 0 Å². The van der Waals surface area contributed by atoms with E-state index < -0.39 is 0 Å². The van der Waals surface area contributed by atoms with Crippen LogP contribution in [0.4, 0.5) is 0 Å². The Labute approximate surface area is 81.6 Å². The van der Waals surface area contributed by atoms with Crippen molar-refractivity contribution in [1.82, 2.24) is 20.4 Å². The van der Waals surface area contributed by atoms with Gasteiger partial charge in [0, 0.05) is 12.4 Å². The SMILES string of the molecule is Cl.Cl.c1cc(-c2ccn[nH]2)[nH]n1. The summed E-state index contributed by atoms with van der Waals surface area (Å²) in [5.41, 5.74) is 1.91. The molecule has 0 aliphatic heterocycles. The van der Waals surface area contributed by atoms with Crippen molar-refractivity contribution >= 4 is 24.8 Å². The van der Waals surface area contributed by atoms with Crippen LogP contribution in [-0.4, -0.2) is 20.4 Å². The Hall–Kier alpha value is -1.00. The lowest BCUT2D eigenvalue weighted by Crippen LogP contribution is -1.76. The van der Waals surface area contributed by atoms with E-state index in [1.807, 2.05) is 12.1 Å². The second-order valence-corrected chi connectivity index (χ2v) is 1.94. The molecule has 0 saturated carbocycles. The van der Waals surface area contributed by atoms with E-state index in [1.54, 1.807) is 12.4 Å². The number of nitrogens with zero attached hydrogens (tertiary/aromatic N) is 2. The first-order valence-electron chi connectivity index (χ1n) is 2.96. The molecule has 0 aromatic carbocycles. The molecule has 2 N–H and O–H groups in total. The highest BCUT2D eigenvalue weighted by molar-refractivity contribution is 5.85. The molecule has 4 nitrogen and oxygen atoms in total. The van der Waals surface area contributed by atoms with Gasteiger partial charge in [0.25, 0.3) is 0 Å². The highest BCUT2D eigenvalue weighted by Gasteiger charge is 1.96. The van der Waals surface area contributed by atoms with Crippen molar-refractivity contribution < 1.29 is 0 Å². The molecule has 2 rings (SSSR count). The molecule has 0 bridgehead atoms. The van der Waals surface area contributed by atoms with E-state index >= 15 is 0 Å². The number of hydrogen-bond donors (Lipinski definition) is 2. The number of aromatic amines is 2. The van der Waals surface area contributed by atoms with Crippen LogP contribution in [0.25, 0.3) is 11.4 Å². The van der Waals surface area contributed by atoms with Crippen LogP contribution in [0.1, 0.15) is 0 Å². The minimum absolute atomic E-state index is 0. The van der Waals surface area contributed by atoms with Crippen molar-refractivity contribution in [3.05, 3.63) is 24.5 Å². The Morgan fingerprint density at radius 1 is 0.833 bits per heavy atom. The molecule has 0 fully saturated rings. The highest BCUT2D eigenvalue weighted by atomic mass is 35.5. The second kappa shape index (κ2) is 4.79. The molecule has 2 aromatic heterocycles. The smallest absolute Gasteiger partial charge is 0.0828 e. The van der Waals surface area contributed by atoms with Crippen LogP contribution in [0, 0.1) is 0 Å². The molecule has 0 saturated heterocycles. The van der Waals surface area contributed by atoms with Crippen LogP contribution >= 0.6 is 24.8 Å². The predicted molar refractivity (Wildman–Crippen MR) is 50.7 cm³/mol. The summed E-state index contributed by atoms with van der Waals surface area (Å²) >= 11 is 0. The molecule has 0 aliphatic rings. The molecule has 6 heteroatoms. The van der Waals surface area contributed by atoms with Gasteiger partial charge in [-0.05, 0) is 12.1 Å². The van der Waals surface area contributed by atoms with E-state index in [1.165, 1.54) is 0 Å². The lowest BCUT2D eigenvalue weighted by molar-refractivity contribution is 1.06. The molecular formula is C6H8Cl2N4. The Morgan fingerprint density at radius 2 is 1.25 bits per heavy atom. The molecule has 66 valence electrons. The summed E-state index contributed by atoms with van der Waals surface area (Å²) in [6, 6.07) is 3.76. The normalized spacial score (nSPS) is 8.33. The zero-order valence-corrected chi connectivity index (χ0v) is 7.65. The maximum atomic E-state index is 3.81. The third kappa shape index (κ3) is 1.99. The number of rotatable bonds is 1. The quantitative estimate of drug-likeness (QED) is 0.746. The zero-order chi connectivity index (χ0) is 6.81. The second-order valence-electron chi connectivity index (χ2n) is 1.94. The number of hydrogen-bond acceptors (Lipinski definition) is 2. The summed E-state index contributed by atoms with van der Waals surface area (Å²) in [7, 11) is 0. The Bertz CT molecular complexity index is 257. The van der Waals surface area contributed by atoms with Crippen LogP contribution in [0.2, 0.25) is 0 Å². The van der Waals surface area contributed by atoms with Crippen molar-refractivity contribution in [3.63, 3.8) is 0 Å². The molecule has 2 heterocycles. The summed E-state index contributed by atoms with van der Waals surface area (Å²) in [6.45, 7) is 0. The average molecular weight is 207 g/mol. The zero-order valence-electron chi connectivity index (χ0n) is 6.02. The number of H-pyrrole nitrogens is 2. The summed E-state index contributed by atoms with van der Waals surface area (Å²) in [6.07, 6.45) is 3.41. The lowest BCUT2D eigenvalue weighted by atomic mass is 10.3. The van der Waals surface area contributed by atoms with Gasteiger partial charge in [0.2, 0.25) is 0 Å². The van der Waals surface area contributed by atoms with Gasteiger partial charge in [-0.15, -0.1) is 24.8 Å². The van der Waals surface area contributed by atoms with Gasteiger partial charge in [0.1, 0.15) is 0 Å². The van der Waals surface area contributed by atoms with Crippen molar-refractivity contribution in [2.75, 3.05) is 0 Å². The van der Waals surface area contributed by atoms with E-state index in [0.29, 0.717) is 0 Å². The van der Waals surface area contributed by atoms with Crippen LogP contribution in [0.3, 0.4) is 0 Å². The standard InChI is InChI=1S/C6H6N4.2ClH/c1-3-7-9-5(1)6-2-4-8-10-6;;/h1-4H,(H,7,9)(H,8,10);2*1H. The fourth-order valence-electron chi connectivity index (χ4n) is 0.812. The fraction of sp³-hybridized carbons (Fsp3) is 0. The predicted octanol–water partition coefficient (Wildman–Crippen LogP) is 1.64. The summed E-state index contributed by atoms with van der Waals surface area (Å²) in [4.78, 5) is 0. The van der Waals surface area contributed by atoms with Gasteiger partial charge in [-0.3, -0.25) is 10.2 Å². The lowest BCUT2D eigenvalue weighted by Gasteiger charge is -1.85. The van der Waals surface area contributed by atoms with Crippen molar-refractivity contribution in [1.29, 1.82) is 0 Å².